The molecule has 2 rings (SSSR count). The summed E-state index contributed by atoms with van der Waals surface area (Å²) in [5, 5.41) is 8.11. The summed E-state index contributed by atoms with van der Waals surface area (Å²) in [4.78, 5) is 4.29. The molecule has 90 valence electrons. The minimum Gasteiger partial charge on any atom is -0.321 e. The Morgan fingerprint density at radius 3 is 2.76 bits per heavy atom. The van der Waals surface area contributed by atoms with Crippen molar-refractivity contribution in [2.24, 2.45) is 5.73 Å². The Labute approximate surface area is 109 Å². The molecule has 4 nitrogen and oxygen atoms in total. The van der Waals surface area contributed by atoms with Gasteiger partial charge in [-0.1, -0.05) is 29.3 Å². The maximum absolute atomic E-state index is 6.08. The first-order valence-corrected chi connectivity index (χ1v) is 5.92. The lowest BCUT2D eigenvalue weighted by atomic mass is 10.1. The molecule has 17 heavy (non-hydrogen) atoms. The third-order valence-corrected chi connectivity index (χ3v) is 2.92. The molecule has 6 heteroatoms. The number of aromatic amines is 1. The van der Waals surface area contributed by atoms with Crippen molar-refractivity contribution in [1.29, 1.82) is 0 Å². The predicted molar refractivity (Wildman–Crippen MR) is 68.3 cm³/mol. The van der Waals surface area contributed by atoms with E-state index in [1.807, 2.05) is 13.0 Å². The molecule has 0 radical (unpaired) electrons. The second-order valence-electron chi connectivity index (χ2n) is 3.84. The summed E-state index contributed by atoms with van der Waals surface area (Å²) in [5.74, 6) is 1.34. The lowest BCUT2D eigenvalue weighted by Gasteiger charge is -2.02. The van der Waals surface area contributed by atoms with Crippen LogP contribution in [0.15, 0.2) is 18.2 Å². The fraction of sp³-hybridized carbons (Fsp3) is 0.273. The molecule has 0 fully saturated rings. The zero-order valence-electron chi connectivity index (χ0n) is 9.24. The van der Waals surface area contributed by atoms with Crippen molar-refractivity contribution >= 4 is 23.2 Å². The molecule has 0 aliphatic rings. The first-order chi connectivity index (χ1) is 8.06. The molecular formula is C11H12Cl2N4. The number of hydrogen-bond donors (Lipinski definition) is 2. The second-order valence-corrected chi connectivity index (χ2v) is 4.69. The van der Waals surface area contributed by atoms with Gasteiger partial charge in [-0.3, -0.25) is 5.10 Å². The molecule has 0 amide bonds. The van der Waals surface area contributed by atoms with Crippen LogP contribution in [0.3, 0.4) is 0 Å². The Morgan fingerprint density at radius 2 is 2.18 bits per heavy atom. The smallest absolute Gasteiger partial charge is 0.167 e. The van der Waals surface area contributed by atoms with Crippen LogP contribution in [0, 0.1) is 0 Å². The number of benzene rings is 1. The van der Waals surface area contributed by atoms with Crippen LogP contribution in [-0.2, 0) is 6.42 Å². The Balaban J connectivity index is 2.19. The Bertz CT molecular complexity index is 522. The van der Waals surface area contributed by atoms with Crippen LogP contribution in [0.2, 0.25) is 10.0 Å². The molecule has 1 unspecified atom stereocenters. The Morgan fingerprint density at radius 1 is 1.41 bits per heavy atom. The quantitative estimate of drug-likeness (QED) is 0.901. The largest absolute Gasteiger partial charge is 0.321 e. The van der Waals surface area contributed by atoms with Gasteiger partial charge in [0.15, 0.2) is 5.82 Å². The molecule has 0 aliphatic carbocycles. The highest BCUT2D eigenvalue weighted by Gasteiger charge is 2.09. The number of nitrogens with one attached hydrogen (secondary N) is 1. The van der Waals surface area contributed by atoms with E-state index in [2.05, 4.69) is 15.2 Å². The van der Waals surface area contributed by atoms with Crippen LogP contribution in [0.5, 0.6) is 0 Å². The topological polar surface area (TPSA) is 67.6 Å². The average Bonchev–Trinajstić information content (AvgIpc) is 2.71. The Hall–Kier alpha value is -1.10. The molecule has 0 bridgehead atoms. The van der Waals surface area contributed by atoms with E-state index >= 15 is 0 Å². The fourth-order valence-corrected chi connectivity index (χ4v) is 1.91. The van der Waals surface area contributed by atoms with Crippen molar-refractivity contribution < 1.29 is 0 Å². The van der Waals surface area contributed by atoms with E-state index in [9.17, 15) is 0 Å². The highest BCUT2D eigenvalue weighted by Crippen LogP contribution is 2.22. The van der Waals surface area contributed by atoms with Crippen LogP contribution in [-0.4, -0.2) is 15.2 Å². The lowest BCUT2D eigenvalue weighted by molar-refractivity contribution is 0.744. The maximum atomic E-state index is 6.08. The highest BCUT2D eigenvalue weighted by atomic mass is 35.5. The van der Waals surface area contributed by atoms with E-state index in [4.69, 9.17) is 28.9 Å². The first-order valence-electron chi connectivity index (χ1n) is 5.17. The molecule has 1 heterocycles. The minimum absolute atomic E-state index is 0.180. The summed E-state index contributed by atoms with van der Waals surface area (Å²) < 4.78 is 0. The molecule has 1 atom stereocenters. The van der Waals surface area contributed by atoms with Crippen molar-refractivity contribution in [2.45, 2.75) is 19.4 Å². The average molecular weight is 271 g/mol. The zero-order valence-corrected chi connectivity index (χ0v) is 10.8. The van der Waals surface area contributed by atoms with Crippen molar-refractivity contribution in [2.75, 3.05) is 0 Å². The monoisotopic (exact) mass is 270 g/mol. The molecule has 0 saturated heterocycles. The number of aromatic nitrogens is 3. The van der Waals surface area contributed by atoms with E-state index in [0.29, 0.717) is 22.3 Å². The maximum Gasteiger partial charge on any atom is 0.167 e. The highest BCUT2D eigenvalue weighted by molar-refractivity contribution is 6.35. The standard InChI is InChI=1S/C11H12Cl2N4/c1-6(14)11-15-10(16-17-11)4-7-2-3-8(12)5-9(7)13/h2-3,5-6H,4,14H2,1H3,(H,15,16,17). The summed E-state index contributed by atoms with van der Waals surface area (Å²) >= 11 is 11.9. The van der Waals surface area contributed by atoms with Gasteiger partial charge in [-0.05, 0) is 24.6 Å². The number of H-pyrrole nitrogens is 1. The van der Waals surface area contributed by atoms with E-state index in [1.54, 1.807) is 12.1 Å². The molecular weight excluding hydrogens is 259 g/mol. The van der Waals surface area contributed by atoms with Gasteiger partial charge >= 0.3 is 0 Å². The van der Waals surface area contributed by atoms with E-state index in [-0.39, 0.29) is 6.04 Å². The van der Waals surface area contributed by atoms with Crippen LogP contribution in [0.1, 0.15) is 30.2 Å². The van der Waals surface area contributed by atoms with Crippen molar-refractivity contribution in [1.82, 2.24) is 15.2 Å². The van der Waals surface area contributed by atoms with Crippen molar-refractivity contribution in [3.05, 3.63) is 45.5 Å². The van der Waals surface area contributed by atoms with Gasteiger partial charge in [0.2, 0.25) is 0 Å². The molecule has 1 aromatic heterocycles. The molecule has 0 spiro atoms. The van der Waals surface area contributed by atoms with Gasteiger partial charge < -0.3 is 5.73 Å². The van der Waals surface area contributed by atoms with Crippen molar-refractivity contribution in [3.8, 4) is 0 Å². The molecule has 3 N–H and O–H groups in total. The van der Waals surface area contributed by atoms with Gasteiger partial charge in [0.1, 0.15) is 5.82 Å². The number of nitrogens with zero attached hydrogens (tertiary/aromatic N) is 2. The van der Waals surface area contributed by atoms with Gasteiger partial charge in [0.05, 0.1) is 6.04 Å². The molecule has 0 saturated carbocycles. The van der Waals surface area contributed by atoms with Crippen LogP contribution in [0.4, 0.5) is 0 Å². The van der Waals surface area contributed by atoms with Crippen LogP contribution >= 0.6 is 23.2 Å². The summed E-state index contributed by atoms with van der Waals surface area (Å²) in [5.41, 5.74) is 6.63. The summed E-state index contributed by atoms with van der Waals surface area (Å²) in [6.45, 7) is 1.84. The van der Waals surface area contributed by atoms with Gasteiger partial charge in [-0.25, -0.2) is 4.98 Å². The summed E-state index contributed by atoms with van der Waals surface area (Å²) in [6, 6.07) is 5.20. The second kappa shape index (κ2) is 5.04. The van der Waals surface area contributed by atoms with Gasteiger partial charge in [-0.2, -0.15) is 5.10 Å². The Kier molecular flexibility index (Phi) is 3.66. The number of hydrogen-bond acceptors (Lipinski definition) is 3. The van der Waals surface area contributed by atoms with E-state index in [1.165, 1.54) is 0 Å². The first kappa shape index (κ1) is 12.4. The van der Waals surface area contributed by atoms with Gasteiger partial charge in [-0.15, -0.1) is 0 Å². The molecule has 1 aromatic carbocycles. The van der Waals surface area contributed by atoms with Gasteiger partial charge in [0.25, 0.3) is 0 Å². The lowest BCUT2D eigenvalue weighted by Crippen LogP contribution is -2.06. The van der Waals surface area contributed by atoms with E-state index in [0.717, 1.165) is 11.4 Å². The number of halogens is 2. The zero-order chi connectivity index (χ0) is 12.4. The van der Waals surface area contributed by atoms with Crippen molar-refractivity contribution in [3.63, 3.8) is 0 Å². The van der Waals surface area contributed by atoms with E-state index < -0.39 is 0 Å². The molecule has 0 aliphatic heterocycles. The SMILES string of the molecule is CC(N)c1n[nH]c(Cc2ccc(Cl)cc2Cl)n1. The van der Waals surface area contributed by atoms with Crippen LogP contribution in [0.25, 0.3) is 0 Å². The minimum atomic E-state index is -0.180. The van der Waals surface area contributed by atoms with Gasteiger partial charge in [0, 0.05) is 16.5 Å². The summed E-state index contributed by atoms with van der Waals surface area (Å²) in [7, 11) is 0. The van der Waals surface area contributed by atoms with Crippen LogP contribution < -0.4 is 5.73 Å². The third kappa shape index (κ3) is 2.97. The number of rotatable bonds is 3. The fourth-order valence-electron chi connectivity index (χ4n) is 1.44. The molecule has 2 aromatic rings. The third-order valence-electron chi connectivity index (χ3n) is 2.33. The summed E-state index contributed by atoms with van der Waals surface area (Å²) in [6.07, 6.45) is 0.579. The number of nitrogens with two attached hydrogens (primary N) is 1. The predicted octanol–water partition coefficient (Wildman–Crippen LogP) is 2.72. The normalized spacial score (nSPS) is 12.7.